The normalized spacial score (nSPS) is 11.7. The van der Waals surface area contributed by atoms with Gasteiger partial charge in [-0.3, -0.25) is 9.55 Å². The molecule has 0 unspecified atom stereocenters. The summed E-state index contributed by atoms with van der Waals surface area (Å²) in [4.78, 5) is 16.8. The van der Waals surface area contributed by atoms with Crippen molar-refractivity contribution in [2.75, 3.05) is 0 Å². The topological polar surface area (TPSA) is 60.0 Å². The first-order valence-corrected chi connectivity index (χ1v) is 8.76. The molecule has 0 atom stereocenters. The molecule has 2 aromatic heterocycles. The summed E-state index contributed by atoms with van der Waals surface area (Å²) in [6.45, 7) is 3.73. The molecule has 3 rings (SSSR count). The molecule has 0 radical (unpaired) electrons. The zero-order chi connectivity index (χ0) is 19.8. The molecule has 0 saturated heterocycles. The number of aromatic nitrogens is 3. The molecule has 9 heteroatoms. The second-order valence-electron chi connectivity index (χ2n) is 5.96. The van der Waals surface area contributed by atoms with Crippen molar-refractivity contribution in [1.29, 1.82) is 0 Å². The van der Waals surface area contributed by atoms with Crippen molar-refractivity contribution in [3.63, 3.8) is 0 Å². The van der Waals surface area contributed by atoms with Gasteiger partial charge in [0.25, 0.3) is 0 Å². The number of hydrogen-bond donors (Lipinski definition) is 1. The predicted octanol–water partition coefficient (Wildman–Crippen LogP) is 4.02. The first-order chi connectivity index (χ1) is 12.7. The van der Waals surface area contributed by atoms with Crippen LogP contribution in [0.15, 0.2) is 52.4 Å². The average Bonchev–Trinajstić information content (AvgIpc) is 2.80. The van der Waals surface area contributed by atoms with E-state index < -0.39 is 11.2 Å². The molecule has 3 aromatic rings. The quantitative estimate of drug-likeness (QED) is 0.678. The van der Waals surface area contributed by atoms with Crippen molar-refractivity contribution < 1.29 is 18.3 Å². The van der Waals surface area contributed by atoms with Crippen molar-refractivity contribution in [3.8, 4) is 11.6 Å². The summed E-state index contributed by atoms with van der Waals surface area (Å²) >= 11 is -0.236. The Hall–Kier alpha value is -2.68. The average molecular weight is 395 g/mol. The van der Waals surface area contributed by atoms with Gasteiger partial charge in [-0.15, -0.1) is 0 Å². The van der Waals surface area contributed by atoms with E-state index in [1.165, 1.54) is 28.8 Å². The van der Waals surface area contributed by atoms with E-state index >= 15 is 0 Å². The van der Waals surface area contributed by atoms with Gasteiger partial charge in [0, 0.05) is 17.3 Å². The van der Waals surface area contributed by atoms with Gasteiger partial charge in [-0.05, 0) is 67.1 Å². The van der Waals surface area contributed by atoms with Gasteiger partial charge >= 0.3 is 11.2 Å². The van der Waals surface area contributed by atoms with Gasteiger partial charge in [-0.1, -0.05) is 0 Å². The molecule has 0 amide bonds. The lowest BCUT2D eigenvalue weighted by Gasteiger charge is -2.07. The molecule has 1 N–H and O–H groups in total. The third kappa shape index (κ3) is 4.02. The maximum atomic E-state index is 12.8. The number of rotatable bonds is 4. The molecule has 1 aromatic carbocycles. The van der Waals surface area contributed by atoms with Gasteiger partial charge in [-0.2, -0.15) is 13.2 Å². The fourth-order valence-electron chi connectivity index (χ4n) is 2.70. The molecule has 0 aliphatic rings. The number of imidazole rings is 1. The highest BCUT2D eigenvalue weighted by Crippen LogP contribution is 2.37. The van der Waals surface area contributed by atoms with E-state index in [0.717, 1.165) is 15.7 Å². The number of benzene rings is 1. The SMILES string of the molecule is Cc1cnccc1Cn1c(C)c(O)n(-c2ccc(SC(F)(F)F)cc2)c1=O. The summed E-state index contributed by atoms with van der Waals surface area (Å²) in [6, 6.07) is 7.06. The maximum Gasteiger partial charge on any atom is 0.446 e. The van der Waals surface area contributed by atoms with Crippen molar-refractivity contribution in [2.24, 2.45) is 0 Å². The molecular formula is C18H16F3N3O2S. The van der Waals surface area contributed by atoms with Crippen molar-refractivity contribution in [3.05, 3.63) is 70.0 Å². The van der Waals surface area contributed by atoms with Crippen LogP contribution in [0.2, 0.25) is 0 Å². The Morgan fingerprint density at radius 1 is 1.15 bits per heavy atom. The molecule has 142 valence electrons. The highest BCUT2D eigenvalue weighted by Gasteiger charge is 2.29. The molecule has 5 nitrogen and oxygen atoms in total. The Bertz CT molecular complexity index is 1020. The van der Waals surface area contributed by atoms with Gasteiger partial charge in [0.05, 0.1) is 17.9 Å². The minimum atomic E-state index is -4.39. The van der Waals surface area contributed by atoms with Crippen LogP contribution in [-0.2, 0) is 6.54 Å². The van der Waals surface area contributed by atoms with E-state index in [4.69, 9.17) is 0 Å². The van der Waals surface area contributed by atoms with E-state index in [9.17, 15) is 23.1 Å². The summed E-state index contributed by atoms with van der Waals surface area (Å²) in [6.07, 6.45) is 3.31. The summed E-state index contributed by atoms with van der Waals surface area (Å²) in [5.41, 5.74) is -2.42. The molecule has 0 saturated carbocycles. The molecule has 0 bridgehead atoms. The Kier molecular flexibility index (Phi) is 5.05. The van der Waals surface area contributed by atoms with Crippen LogP contribution < -0.4 is 5.69 Å². The zero-order valence-electron chi connectivity index (χ0n) is 14.5. The van der Waals surface area contributed by atoms with Crippen molar-refractivity contribution >= 4 is 11.8 Å². The van der Waals surface area contributed by atoms with Crippen LogP contribution >= 0.6 is 11.8 Å². The van der Waals surface area contributed by atoms with Crippen molar-refractivity contribution in [1.82, 2.24) is 14.1 Å². The summed E-state index contributed by atoms with van der Waals surface area (Å²) in [7, 11) is 0. The highest BCUT2D eigenvalue weighted by molar-refractivity contribution is 8.00. The first kappa shape index (κ1) is 19.1. The first-order valence-electron chi connectivity index (χ1n) is 7.94. The Morgan fingerprint density at radius 3 is 2.41 bits per heavy atom. The van der Waals surface area contributed by atoms with Crippen LogP contribution in [0.5, 0.6) is 5.88 Å². The number of alkyl halides is 3. The molecule has 0 aliphatic carbocycles. The van der Waals surface area contributed by atoms with Crippen LogP contribution in [0.4, 0.5) is 13.2 Å². The summed E-state index contributed by atoms with van der Waals surface area (Å²) in [5, 5.41) is 10.4. The number of nitrogens with zero attached hydrogens (tertiary/aromatic N) is 3. The molecule has 0 fully saturated rings. The van der Waals surface area contributed by atoms with Crippen molar-refractivity contribution in [2.45, 2.75) is 30.8 Å². The minimum absolute atomic E-state index is 0.00218. The molecule has 0 aliphatic heterocycles. The van der Waals surface area contributed by atoms with E-state index in [1.54, 1.807) is 25.4 Å². The van der Waals surface area contributed by atoms with E-state index in [0.29, 0.717) is 5.69 Å². The van der Waals surface area contributed by atoms with E-state index in [2.05, 4.69) is 4.98 Å². The van der Waals surface area contributed by atoms with Crippen LogP contribution in [0.25, 0.3) is 5.69 Å². The lowest BCUT2D eigenvalue weighted by Crippen LogP contribution is -2.24. The largest absolute Gasteiger partial charge is 0.493 e. The second-order valence-corrected chi connectivity index (χ2v) is 7.10. The minimum Gasteiger partial charge on any atom is -0.493 e. The maximum absolute atomic E-state index is 12.8. The lowest BCUT2D eigenvalue weighted by atomic mass is 10.1. The van der Waals surface area contributed by atoms with E-state index in [-0.39, 0.29) is 34.8 Å². The Balaban J connectivity index is 1.98. The van der Waals surface area contributed by atoms with Gasteiger partial charge in [0.2, 0.25) is 5.88 Å². The number of aryl methyl sites for hydroxylation is 1. The van der Waals surface area contributed by atoms with Crippen LogP contribution in [-0.4, -0.2) is 24.7 Å². The van der Waals surface area contributed by atoms with Gasteiger partial charge in [-0.25, -0.2) is 9.36 Å². The zero-order valence-corrected chi connectivity index (χ0v) is 15.3. The predicted molar refractivity (Wildman–Crippen MR) is 96.4 cm³/mol. The lowest BCUT2D eigenvalue weighted by molar-refractivity contribution is -0.0328. The molecule has 27 heavy (non-hydrogen) atoms. The number of pyridine rings is 1. The van der Waals surface area contributed by atoms with Gasteiger partial charge in [0.15, 0.2) is 0 Å². The van der Waals surface area contributed by atoms with Gasteiger partial charge in [0.1, 0.15) is 0 Å². The highest BCUT2D eigenvalue weighted by atomic mass is 32.2. The standard InChI is InChI=1S/C18H16F3N3O2S/c1-11-9-22-8-7-13(11)10-23-12(2)16(25)24(17(23)26)14-3-5-15(6-4-14)27-18(19,20)21/h3-9,25H,10H2,1-2H3. The third-order valence-electron chi connectivity index (χ3n) is 4.16. The molecule has 0 spiro atoms. The van der Waals surface area contributed by atoms with E-state index in [1.807, 2.05) is 6.92 Å². The summed E-state index contributed by atoms with van der Waals surface area (Å²) in [5.74, 6) is -0.247. The Morgan fingerprint density at radius 2 is 1.81 bits per heavy atom. The van der Waals surface area contributed by atoms with Crippen LogP contribution in [0.3, 0.4) is 0 Å². The smallest absolute Gasteiger partial charge is 0.446 e. The number of hydrogen-bond acceptors (Lipinski definition) is 4. The van der Waals surface area contributed by atoms with Crippen LogP contribution in [0, 0.1) is 13.8 Å². The van der Waals surface area contributed by atoms with Crippen LogP contribution in [0.1, 0.15) is 16.8 Å². The molecule has 2 heterocycles. The number of aromatic hydroxyl groups is 1. The molecular weight excluding hydrogens is 379 g/mol. The monoisotopic (exact) mass is 395 g/mol. The number of halogens is 3. The van der Waals surface area contributed by atoms with Gasteiger partial charge < -0.3 is 5.11 Å². The third-order valence-corrected chi connectivity index (χ3v) is 4.90. The second kappa shape index (κ2) is 7.15. The fraction of sp³-hybridized carbons (Fsp3) is 0.222. The number of thioether (sulfide) groups is 1. The fourth-order valence-corrected chi connectivity index (χ4v) is 3.24. The summed E-state index contributed by atoms with van der Waals surface area (Å²) < 4.78 is 39.8. The Labute approximate surface area is 157 Å².